The lowest BCUT2D eigenvalue weighted by Gasteiger charge is -2.32. The molecule has 7 nitrogen and oxygen atoms in total. The first-order chi connectivity index (χ1) is 14.5. The number of methoxy groups -OCH3 is 1. The van der Waals surface area contributed by atoms with Crippen LogP contribution in [0.4, 0.5) is 0 Å². The number of ether oxygens (including phenoxy) is 3. The summed E-state index contributed by atoms with van der Waals surface area (Å²) in [6, 6.07) is 5.98. The van der Waals surface area contributed by atoms with Gasteiger partial charge in [-0.15, -0.1) is 0 Å². The van der Waals surface area contributed by atoms with E-state index in [0.29, 0.717) is 24.4 Å². The fourth-order valence-electron chi connectivity index (χ4n) is 5.04. The monoisotopic (exact) mass is 419 g/mol. The lowest BCUT2D eigenvalue weighted by Crippen LogP contribution is -2.32. The molecule has 2 aliphatic carbocycles. The number of carboxylic acid groups (broad SMARTS) is 1. The molecule has 0 aliphatic heterocycles. The second-order valence-corrected chi connectivity index (χ2v) is 8.33. The number of rotatable bonds is 11. The van der Waals surface area contributed by atoms with E-state index in [1.54, 1.807) is 7.11 Å². The average molecular weight is 420 g/mol. The van der Waals surface area contributed by atoms with Crippen molar-refractivity contribution in [1.29, 1.82) is 0 Å². The molecule has 2 N–H and O–H groups in total. The third-order valence-electron chi connectivity index (χ3n) is 6.53. The zero-order valence-electron chi connectivity index (χ0n) is 17.9. The van der Waals surface area contributed by atoms with Crippen LogP contribution in [0.1, 0.15) is 43.2 Å². The SMILES string of the molecule is CNC(CCC1CCC2Cc3c(cccc3OCC(=O)O)CC12)OC(=O)CCOC. The molecule has 0 amide bonds. The van der Waals surface area contributed by atoms with Gasteiger partial charge in [0, 0.05) is 7.11 Å². The Hall–Kier alpha value is -2.12. The molecular weight excluding hydrogens is 386 g/mol. The second-order valence-electron chi connectivity index (χ2n) is 8.33. The molecule has 4 unspecified atom stereocenters. The highest BCUT2D eigenvalue weighted by Gasteiger charge is 2.40. The first kappa shape index (κ1) is 22.6. The maximum absolute atomic E-state index is 11.9. The number of esters is 1. The van der Waals surface area contributed by atoms with Crippen LogP contribution in [0.2, 0.25) is 0 Å². The van der Waals surface area contributed by atoms with Crippen molar-refractivity contribution >= 4 is 11.9 Å². The van der Waals surface area contributed by atoms with Crippen molar-refractivity contribution in [2.24, 2.45) is 17.8 Å². The molecular formula is C23H33NO6. The Morgan fingerprint density at radius 1 is 1.27 bits per heavy atom. The number of benzene rings is 1. The molecule has 0 saturated heterocycles. The molecule has 0 bridgehead atoms. The molecule has 166 valence electrons. The predicted molar refractivity (Wildman–Crippen MR) is 111 cm³/mol. The molecule has 1 saturated carbocycles. The maximum Gasteiger partial charge on any atom is 0.341 e. The highest BCUT2D eigenvalue weighted by atomic mass is 16.6. The summed E-state index contributed by atoms with van der Waals surface area (Å²) in [5.41, 5.74) is 2.46. The molecule has 2 aliphatic rings. The Labute approximate surface area is 178 Å². The Balaban J connectivity index is 1.57. The van der Waals surface area contributed by atoms with Crippen molar-refractivity contribution in [3.05, 3.63) is 29.3 Å². The van der Waals surface area contributed by atoms with Crippen LogP contribution in [-0.4, -0.2) is 50.6 Å². The largest absolute Gasteiger partial charge is 0.482 e. The summed E-state index contributed by atoms with van der Waals surface area (Å²) in [4.78, 5) is 22.7. The first-order valence-corrected chi connectivity index (χ1v) is 10.8. The predicted octanol–water partition coefficient (Wildman–Crippen LogP) is 2.80. The van der Waals surface area contributed by atoms with E-state index in [0.717, 1.165) is 31.4 Å². The normalized spacial score (nSPS) is 23.3. The molecule has 1 fully saturated rings. The summed E-state index contributed by atoms with van der Waals surface area (Å²) < 4.78 is 16.0. The lowest BCUT2D eigenvalue weighted by atomic mass is 9.73. The maximum atomic E-state index is 11.9. The van der Waals surface area contributed by atoms with E-state index in [4.69, 9.17) is 19.3 Å². The van der Waals surface area contributed by atoms with Crippen LogP contribution in [0.15, 0.2) is 18.2 Å². The van der Waals surface area contributed by atoms with Crippen LogP contribution >= 0.6 is 0 Å². The number of carbonyl (C=O) groups is 2. The van der Waals surface area contributed by atoms with Gasteiger partial charge in [-0.2, -0.15) is 0 Å². The van der Waals surface area contributed by atoms with E-state index in [2.05, 4.69) is 11.4 Å². The van der Waals surface area contributed by atoms with E-state index in [-0.39, 0.29) is 25.2 Å². The van der Waals surface area contributed by atoms with E-state index in [1.165, 1.54) is 24.0 Å². The Kier molecular flexibility index (Phi) is 8.10. The third-order valence-corrected chi connectivity index (χ3v) is 6.53. The van der Waals surface area contributed by atoms with E-state index < -0.39 is 5.97 Å². The molecule has 1 aromatic carbocycles. The van der Waals surface area contributed by atoms with Gasteiger partial charge in [-0.1, -0.05) is 12.1 Å². The topological polar surface area (TPSA) is 94.1 Å². The zero-order valence-corrected chi connectivity index (χ0v) is 17.9. The Morgan fingerprint density at radius 2 is 2.10 bits per heavy atom. The molecule has 0 heterocycles. The van der Waals surface area contributed by atoms with Crippen LogP contribution in [0.3, 0.4) is 0 Å². The number of hydrogen-bond donors (Lipinski definition) is 2. The minimum atomic E-state index is -0.954. The van der Waals surface area contributed by atoms with Gasteiger partial charge in [0.2, 0.25) is 0 Å². The molecule has 0 spiro atoms. The van der Waals surface area contributed by atoms with Gasteiger partial charge in [0.05, 0.1) is 13.0 Å². The minimum Gasteiger partial charge on any atom is -0.482 e. The summed E-state index contributed by atoms with van der Waals surface area (Å²) in [6.07, 6.45) is 6.15. The van der Waals surface area contributed by atoms with Gasteiger partial charge in [-0.25, -0.2) is 4.79 Å². The smallest absolute Gasteiger partial charge is 0.341 e. The van der Waals surface area contributed by atoms with Gasteiger partial charge in [0.25, 0.3) is 0 Å². The Morgan fingerprint density at radius 3 is 2.83 bits per heavy atom. The summed E-state index contributed by atoms with van der Waals surface area (Å²) in [5.74, 6) is 1.36. The van der Waals surface area contributed by atoms with Crippen molar-refractivity contribution in [2.45, 2.75) is 51.2 Å². The summed E-state index contributed by atoms with van der Waals surface area (Å²) in [7, 11) is 3.39. The van der Waals surface area contributed by atoms with Gasteiger partial charge in [0.15, 0.2) is 12.8 Å². The van der Waals surface area contributed by atoms with Gasteiger partial charge >= 0.3 is 11.9 Å². The lowest BCUT2D eigenvalue weighted by molar-refractivity contribution is -0.152. The molecule has 7 heteroatoms. The average Bonchev–Trinajstić information content (AvgIpc) is 3.13. The number of carboxylic acids is 1. The van der Waals surface area contributed by atoms with E-state index in [9.17, 15) is 9.59 Å². The molecule has 0 radical (unpaired) electrons. The van der Waals surface area contributed by atoms with Crippen LogP contribution in [0.25, 0.3) is 0 Å². The first-order valence-electron chi connectivity index (χ1n) is 10.8. The molecule has 3 rings (SSSR count). The standard InChI is InChI=1S/C23H33NO6/c1-24-21(30-23(27)10-11-28-2)9-8-15-6-7-17-13-19-16(12-18(15)17)4-3-5-20(19)29-14-22(25)26/h3-5,15,17-18,21,24H,6-14H2,1-2H3,(H,25,26). The highest BCUT2D eigenvalue weighted by molar-refractivity contribution is 5.69. The van der Waals surface area contributed by atoms with E-state index >= 15 is 0 Å². The van der Waals surface area contributed by atoms with Crippen LogP contribution in [-0.2, 0) is 31.9 Å². The summed E-state index contributed by atoms with van der Waals surface area (Å²) >= 11 is 0. The van der Waals surface area contributed by atoms with Crippen molar-refractivity contribution in [1.82, 2.24) is 5.32 Å². The van der Waals surface area contributed by atoms with Crippen molar-refractivity contribution < 1.29 is 28.9 Å². The van der Waals surface area contributed by atoms with Gasteiger partial charge in [-0.05, 0) is 80.5 Å². The minimum absolute atomic E-state index is 0.235. The molecule has 4 atom stereocenters. The number of aliphatic carboxylic acids is 1. The van der Waals surface area contributed by atoms with Crippen molar-refractivity contribution in [3.8, 4) is 5.75 Å². The molecule has 1 aromatic rings. The number of nitrogens with one attached hydrogen (secondary N) is 1. The zero-order chi connectivity index (χ0) is 21.5. The molecule has 0 aromatic heterocycles. The number of carbonyl (C=O) groups excluding carboxylic acids is 1. The third kappa shape index (κ3) is 5.73. The summed E-state index contributed by atoms with van der Waals surface area (Å²) in [6.45, 7) is 0.0703. The fraction of sp³-hybridized carbons (Fsp3) is 0.652. The fourth-order valence-corrected chi connectivity index (χ4v) is 5.04. The van der Waals surface area contributed by atoms with Gasteiger partial charge in [0.1, 0.15) is 5.75 Å². The quantitative estimate of drug-likeness (QED) is 0.421. The van der Waals surface area contributed by atoms with Gasteiger partial charge < -0.3 is 19.3 Å². The van der Waals surface area contributed by atoms with Gasteiger partial charge in [-0.3, -0.25) is 10.1 Å². The number of fused-ring (bicyclic) bond motifs is 2. The Bertz CT molecular complexity index is 736. The van der Waals surface area contributed by atoms with Crippen molar-refractivity contribution in [2.75, 3.05) is 27.4 Å². The molecule has 30 heavy (non-hydrogen) atoms. The second kappa shape index (κ2) is 10.8. The van der Waals surface area contributed by atoms with E-state index in [1.807, 2.05) is 19.2 Å². The summed E-state index contributed by atoms with van der Waals surface area (Å²) in [5, 5.41) is 12.0. The van der Waals surface area contributed by atoms with Crippen LogP contribution in [0, 0.1) is 17.8 Å². The van der Waals surface area contributed by atoms with Crippen LogP contribution in [0.5, 0.6) is 5.75 Å². The highest BCUT2D eigenvalue weighted by Crippen LogP contribution is 2.48. The number of hydrogen-bond acceptors (Lipinski definition) is 6. The van der Waals surface area contributed by atoms with Crippen LogP contribution < -0.4 is 10.1 Å². The van der Waals surface area contributed by atoms with Crippen molar-refractivity contribution in [3.63, 3.8) is 0 Å².